The number of esters is 1. The topological polar surface area (TPSA) is 51.5 Å². The first-order chi connectivity index (χ1) is 6.83. The summed E-state index contributed by atoms with van der Waals surface area (Å²) in [6.07, 6.45) is 2.02. The molecule has 1 aromatic heterocycles. The minimum atomic E-state index is -0.167. The van der Waals surface area contributed by atoms with Crippen LogP contribution in [0, 0.1) is 0 Å². The van der Waals surface area contributed by atoms with Crippen LogP contribution in [-0.2, 0) is 16.1 Å². The van der Waals surface area contributed by atoms with Crippen LogP contribution < -0.4 is 5.32 Å². The van der Waals surface area contributed by atoms with Gasteiger partial charge in [0, 0.05) is 6.54 Å². The van der Waals surface area contributed by atoms with Crippen molar-refractivity contribution in [2.75, 3.05) is 13.2 Å². The summed E-state index contributed by atoms with van der Waals surface area (Å²) in [4.78, 5) is 10.9. The van der Waals surface area contributed by atoms with E-state index in [-0.39, 0.29) is 5.97 Å². The van der Waals surface area contributed by atoms with Gasteiger partial charge in [0.1, 0.15) is 5.76 Å². The maximum absolute atomic E-state index is 10.9. The molecule has 0 aromatic carbocycles. The molecule has 0 saturated carbocycles. The van der Waals surface area contributed by atoms with Crippen LogP contribution in [0.2, 0.25) is 0 Å². The number of ether oxygens (including phenoxy) is 1. The summed E-state index contributed by atoms with van der Waals surface area (Å²) in [7, 11) is 0. The Morgan fingerprint density at radius 3 is 3.14 bits per heavy atom. The van der Waals surface area contributed by atoms with E-state index in [2.05, 4.69) is 5.32 Å². The molecule has 0 bridgehead atoms. The average Bonchev–Trinajstić information content (AvgIpc) is 2.65. The van der Waals surface area contributed by atoms with E-state index in [1.165, 1.54) is 0 Å². The molecule has 14 heavy (non-hydrogen) atoms. The molecule has 1 heterocycles. The van der Waals surface area contributed by atoms with E-state index in [1.54, 1.807) is 13.2 Å². The second-order valence-electron chi connectivity index (χ2n) is 2.81. The molecular formula is C10H15NO3. The SMILES string of the molecule is CCOC(=O)CCNCc1ccco1. The van der Waals surface area contributed by atoms with Gasteiger partial charge in [0.05, 0.1) is 25.8 Å². The van der Waals surface area contributed by atoms with Gasteiger partial charge in [-0.05, 0) is 19.1 Å². The zero-order chi connectivity index (χ0) is 10.2. The molecule has 0 aliphatic carbocycles. The van der Waals surface area contributed by atoms with Crippen molar-refractivity contribution in [3.05, 3.63) is 24.2 Å². The van der Waals surface area contributed by atoms with Crippen molar-refractivity contribution in [2.45, 2.75) is 19.9 Å². The summed E-state index contributed by atoms with van der Waals surface area (Å²) < 4.78 is 9.89. The van der Waals surface area contributed by atoms with Crippen molar-refractivity contribution in [1.29, 1.82) is 0 Å². The van der Waals surface area contributed by atoms with E-state index in [0.29, 0.717) is 26.1 Å². The van der Waals surface area contributed by atoms with Crippen molar-refractivity contribution in [3.63, 3.8) is 0 Å². The molecule has 4 nitrogen and oxygen atoms in total. The highest BCUT2D eigenvalue weighted by Gasteiger charge is 2.00. The monoisotopic (exact) mass is 197 g/mol. The Balaban J connectivity index is 2.02. The maximum Gasteiger partial charge on any atom is 0.307 e. The molecule has 1 rings (SSSR count). The van der Waals surface area contributed by atoms with Crippen LogP contribution in [0.3, 0.4) is 0 Å². The number of furan rings is 1. The highest BCUT2D eigenvalue weighted by molar-refractivity contribution is 5.69. The minimum absolute atomic E-state index is 0.167. The zero-order valence-electron chi connectivity index (χ0n) is 8.29. The number of hydrogen-bond donors (Lipinski definition) is 1. The van der Waals surface area contributed by atoms with Gasteiger partial charge in [-0.25, -0.2) is 0 Å². The van der Waals surface area contributed by atoms with Gasteiger partial charge in [0.25, 0.3) is 0 Å². The number of hydrogen-bond acceptors (Lipinski definition) is 4. The molecule has 0 atom stereocenters. The number of rotatable bonds is 6. The Labute approximate surface area is 83.2 Å². The van der Waals surface area contributed by atoms with Gasteiger partial charge in [-0.2, -0.15) is 0 Å². The summed E-state index contributed by atoms with van der Waals surface area (Å²) in [5, 5.41) is 3.08. The van der Waals surface area contributed by atoms with E-state index in [9.17, 15) is 4.79 Å². The van der Waals surface area contributed by atoms with Gasteiger partial charge in [-0.1, -0.05) is 0 Å². The van der Waals surface area contributed by atoms with Gasteiger partial charge in [-0.3, -0.25) is 4.79 Å². The van der Waals surface area contributed by atoms with E-state index >= 15 is 0 Å². The number of nitrogens with one attached hydrogen (secondary N) is 1. The van der Waals surface area contributed by atoms with E-state index < -0.39 is 0 Å². The Morgan fingerprint density at radius 1 is 1.64 bits per heavy atom. The smallest absolute Gasteiger partial charge is 0.307 e. The van der Waals surface area contributed by atoms with Crippen LogP contribution in [0.1, 0.15) is 19.1 Å². The molecule has 78 valence electrons. The lowest BCUT2D eigenvalue weighted by Gasteiger charge is -2.02. The summed E-state index contributed by atoms with van der Waals surface area (Å²) in [6, 6.07) is 3.72. The van der Waals surface area contributed by atoms with Crippen molar-refractivity contribution in [2.24, 2.45) is 0 Å². The Morgan fingerprint density at radius 2 is 2.50 bits per heavy atom. The van der Waals surface area contributed by atoms with Crippen molar-refractivity contribution >= 4 is 5.97 Å². The fraction of sp³-hybridized carbons (Fsp3) is 0.500. The predicted molar refractivity (Wildman–Crippen MR) is 51.7 cm³/mol. The standard InChI is InChI=1S/C10H15NO3/c1-2-13-10(12)5-6-11-8-9-4-3-7-14-9/h3-4,7,11H,2,5-6,8H2,1H3. The Kier molecular flexibility index (Phi) is 4.78. The van der Waals surface area contributed by atoms with Crippen LogP contribution in [0.25, 0.3) is 0 Å². The van der Waals surface area contributed by atoms with Crippen LogP contribution >= 0.6 is 0 Å². The van der Waals surface area contributed by atoms with Crippen molar-refractivity contribution < 1.29 is 13.9 Å². The highest BCUT2D eigenvalue weighted by atomic mass is 16.5. The number of carbonyl (C=O) groups excluding carboxylic acids is 1. The second-order valence-corrected chi connectivity index (χ2v) is 2.81. The lowest BCUT2D eigenvalue weighted by Crippen LogP contribution is -2.18. The molecule has 0 fully saturated rings. The zero-order valence-corrected chi connectivity index (χ0v) is 8.29. The third kappa shape index (κ3) is 4.09. The van der Waals surface area contributed by atoms with E-state index in [1.807, 2.05) is 12.1 Å². The lowest BCUT2D eigenvalue weighted by atomic mass is 10.4. The number of carbonyl (C=O) groups is 1. The highest BCUT2D eigenvalue weighted by Crippen LogP contribution is 1.98. The molecule has 0 aliphatic rings. The molecular weight excluding hydrogens is 182 g/mol. The third-order valence-electron chi connectivity index (χ3n) is 1.69. The first-order valence-corrected chi connectivity index (χ1v) is 4.71. The van der Waals surface area contributed by atoms with Gasteiger partial charge >= 0.3 is 5.97 Å². The average molecular weight is 197 g/mol. The summed E-state index contributed by atoms with van der Waals surface area (Å²) in [6.45, 7) is 3.50. The molecule has 0 amide bonds. The lowest BCUT2D eigenvalue weighted by molar-refractivity contribution is -0.142. The van der Waals surface area contributed by atoms with Crippen LogP contribution in [-0.4, -0.2) is 19.1 Å². The van der Waals surface area contributed by atoms with Crippen LogP contribution in [0.5, 0.6) is 0 Å². The second kappa shape index (κ2) is 6.21. The molecule has 0 radical (unpaired) electrons. The fourth-order valence-corrected chi connectivity index (χ4v) is 1.05. The predicted octanol–water partition coefficient (Wildman–Crippen LogP) is 1.32. The molecule has 0 saturated heterocycles. The molecule has 0 unspecified atom stereocenters. The van der Waals surface area contributed by atoms with E-state index in [0.717, 1.165) is 5.76 Å². The summed E-state index contributed by atoms with van der Waals surface area (Å²) in [5.41, 5.74) is 0. The Bertz CT molecular complexity index is 256. The van der Waals surface area contributed by atoms with Crippen LogP contribution in [0.4, 0.5) is 0 Å². The fourth-order valence-electron chi connectivity index (χ4n) is 1.05. The van der Waals surface area contributed by atoms with Gasteiger partial charge < -0.3 is 14.5 Å². The first kappa shape index (κ1) is 10.8. The normalized spacial score (nSPS) is 10.1. The molecule has 1 N–H and O–H groups in total. The summed E-state index contributed by atoms with van der Waals surface area (Å²) >= 11 is 0. The van der Waals surface area contributed by atoms with Gasteiger partial charge in [-0.15, -0.1) is 0 Å². The van der Waals surface area contributed by atoms with Gasteiger partial charge in [0.15, 0.2) is 0 Å². The van der Waals surface area contributed by atoms with Crippen molar-refractivity contribution in [1.82, 2.24) is 5.32 Å². The van der Waals surface area contributed by atoms with Crippen LogP contribution in [0.15, 0.2) is 22.8 Å². The molecule has 1 aromatic rings. The van der Waals surface area contributed by atoms with Gasteiger partial charge in [0.2, 0.25) is 0 Å². The maximum atomic E-state index is 10.9. The summed E-state index contributed by atoms with van der Waals surface area (Å²) in [5.74, 6) is 0.702. The molecule has 0 spiro atoms. The largest absolute Gasteiger partial charge is 0.468 e. The van der Waals surface area contributed by atoms with E-state index in [4.69, 9.17) is 9.15 Å². The van der Waals surface area contributed by atoms with Crippen molar-refractivity contribution in [3.8, 4) is 0 Å². The molecule has 0 aliphatic heterocycles. The quantitative estimate of drug-likeness (QED) is 0.552. The molecule has 4 heteroatoms. The minimum Gasteiger partial charge on any atom is -0.468 e. The Hall–Kier alpha value is -1.29. The third-order valence-corrected chi connectivity index (χ3v) is 1.69. The first-order valence-electron chi connectivity index (χ1n) is 4.71.